The number of amides is 1. The second kappa shape index (κ2) is 10.0. The van der Waals surface area contributed by atoms with Gasteiger partial charge in [0, 0.05) is 33.4 Å². The summed E-state index contributed by atoms with van der Waals surface area (Å²) in [6.07, 6.45) is 1.71. The molecule has 6 heteroatoms. The summed E-state index contributed by atoms with van der Waals surface area (Å²) in [5.74, 6) is 0.946. The number of aromatic nitrogens is 1. The van der Waals surface area contributed by atoms with Gasteiger partial charge in [-0.05, 0) is 74.7 Å². The van der Waals surface area contributed by atoms with Gasteiger partial charge in [0.15, 0.2) is 0 Å². The molecule has 4 nitrogen and oxygen atoms in total. The lowest BCUT2D eigenvalue weighted by molar-refractivity contribution is -0.118. The lowest BCUT2D eigenvalue weighted by atomic mass is 10.1. The number of halogens is 1. The standard InChI is InChI=1S/C24H26ClN3OS/c1-16-8-17(2)10-23(9-16)28-18(3)11-21(19(28)4)13-26-27-24(29)15-30-14-20-6-5-7-22(25)12-20/h5-13H,14-15H2,1-4H3,(H,27,29). The van der Waals surface area contributed by atoms with Crippen LogP contribution in [0.3, 0.4) is 0 Å². The number of thioether (sulfide) groups is 1. The molecule has 0 aliphatic carbocycles. The summed E-state index contributed by atoms with van der Waals surface area (Å²) in [6.45, 7) is 8.35. The van der Waals surface area contributed by atoms with Crippen molar-refractivity contribution in [3.8, 4) is 5.69 Å². The molecule has 0 fully saturated rings. The van der Waals surface area contributed by atoms with Gasteiger partial charge < -0.3 is 4.57 Å². The monoisotopic (exact) mass is 439 g/mol. The van der Waals surface area contributed by atoms with E-state index in [0.29, 0.717) is 10.8 Å². The maximum atomic E-state index is 12.1. The van der Waals surface area contributed by atoms with Crippen LogP contribution in [-0.4, -0.2) is 22.4 Å². The maximum absolute atomic E-state index is 12.1. The van der Waals surface area contributed by atoms with E-state index in [0.717, 1.165) is 34.0 Å². The molecule has 0 bridgehead atoms. The topological polar surface area (TPSA) is 46.4 Å². The van der Waals surface area contributed by atoms with Crippen LogP contribution < -0.4 is 5.43 Å². The number of benzene rings is 2. The van der Waals surface area contributed by atoms with Gasteiger partial charge in [-0.25, -0.2) is 5.43 Å². The summed E-state index contributed by atoms with van der Waals surface area (Å²) >= 11 is 7.51. The zero-order valence-electron chi connectivity index (χ0n) is 17.7. The average molecular weight is 440 g/mol. The second-order valence-electron chi connectivity index (χ2n) is 7.42. The fourth-order valence-corrected chi connectivity index (χ4v) is 4.47. The van der Waals surface area contributed by atoms with E-state index in [4.69, 9.17) is 11.6 Å². The van der Waals surface area contributed by atoms with Crippen molar-refractivity contribution in [1.29, 1.82) is 0 Å². The summed E-state index contributed by atoms with van der Waals surface area (Å²) in [7, 11) is 0. The van der Waals surface area contributed by atoms with Crippen LogP contribution in [0.5, 0.6) is 0 Å². The van der Waals surface area contributed by atoms with Crippen LogP contribution in [-0.2, 0) is 10.5 Å². The Labute approximate surface area is 187 Å². The summed E-state index contributed by atoms with van der Waals surface area (Å²) in [5.41, 5.74) is 10.5. The van der Waals surface area contributed by atoms with Crippen molar-refractivity contribution in [2.75, 3.05) is 5.75 Å². The number of carbonyl (C=O) groups is 1. The Morgan fingerprint density at radius 3 is 2.53 bits per heavy atom. The molecule has 0 saturated carbocycles. The van der Waals surface area contributed by atoms with Gasteiger partial charge in [-0.3, -0.25) is 4.79 Å². The van der Waals surface area contributed by atoms with Crippen molar-refractivity contribution in [3.05, 3.63) is 87.2 Å². The summed E-state index contributed by atoms with van der Waals surface area (Å²) < 4.78 is 2.21. The molecular formula is C24H26ClN3OS. The SMILES string of the molecule is Cc1cc(C)cc(-n2c(C)cc(C=NNC(=O)CSCc3cccc(Cl)c3)c2C)c1. The molecule has 1 aromatic heterocycles. The number of hydrogen-bond donors (Lipinski definition) is 1. The fraction of sp³-hybridized carbons (Fsp3) is 0.250. The number of rotatable bonds is 7. The van der Waals surface area contributed by atoms with Crippen molar-refractivity contribution in [3.63, 3.8) is 0 Å². The summed E-state index contributed by atoms with van der Waals surface area (Å²) in [6, 6.07) is 16.3. The highest BCUT2D eigenvalue weighted by Crippen LogP contribution is 2.22. The Morgan fingerprint density at radius 2 is 1.83 bits per heavy atom. The van der Waals surface area contributed by atoms with Crippen LogP contribution in [0.15, 0.2) is 53.6 Å². The van der Waals surface area contributed by atoms with Gasteiger partial charge in [0.1, 0.15) is 0 Å². The molecule has 156 valence electrons. The van der Waals surface area contributed by atoms with Gasteiger partial charge in [0.05, 0.1) is 12.0 Å². The molecule has 0 aliphatic rings. The van der Waals surface area contributed by atoms with Crippen molar-refractivity contribution in [2.24, 2.45) is 5.10 Å². The maximum Gasteiger partial charge on any atom is 0.250 e. The minimum Gasteiger partial charge on any atom is -0.318 e. The first-order valence-electron chi connectivity index (χ1n) is 9.75. The first-order valence-corrected chi connectivity index (χ1v) is 11.3. The molecule has 0 spiro atoms. The molecule has 3 rings (SSSR count). The Morgan fingerprint density at radius 1 is 1.10 bits per heavy atom. The highest BCUT2D eigenvalue weighted by Gasteiger charge is 2.10. The van der Waals surface area contributed by atoms with Gasteiger partial charge >= 0.3 is 0 Å². The second-order valence-corrected chi connectivity index (χ2v) is 8.85. The summed E-state index contributed by atoms with van der Waals surface area (Å²) in [5, 5.41) is 4.86. The number of aryl methyl sites for hydroxylation is 3. The van der Waals surface area contributed by atoms with Gasteiger partial charge in [0.2, 0.25) is 5.91 Å². The number of nitrogens with one attached hydrogen (secondary N) is 1. The zero-order valence-corrected chi connectivity index (χ0v) is 19.3. The predicted molar refractivity (Wildman–Crippen MR) is 128 cm³/mol. The van der Waals surface area contributed by atoms with E-state index >= 15 is 0 Å². The Hall–Kier alpha value is -2.50. The Balaban J connectivity index is 1.59. The molecule has 1 amide bonds. The van der Waals surface area contributed by atoms with Crippen molar-refractivity contribution < 1.29 is 4.79 Å². The Bertz CT molecular complexity index is 1070. The van der Waals surface area contributed by atoms with Gasteiger partial charge in [-0.15, -0.1) is 11.8 Å². The number of hydrogen-bond acceptors (Lipinski definition) is 3. The van der Waals surface area contributed by atoms with E-state index in [9.17, 15) is 4.79 Å². The van der Waals surface area contributed by atoms with Crippen LogP contribution in [0.4, 0.5) is 0 Å². The van der Waals surface area contributed by atoms with Gasteiger partial charge in [0.25, 0.3) is 0 Å². The molecule has 2 aromatic carbocycles. The molecule has 0 aliphatic heterocycles. The molecule has 0 saturated heterocycles. The van der Waals surface area contributed by atoms with Crippen LogP contribution in [0.1, 0.15) is 33.6 Å². The van der Waals surface area contributed by atoms with Crippen molar-refractivity contribution in [2.45, 2.75) is 33.4 Å². The number of hydrazone groups is 1. The van der Waals surface area contributed by atoms with E-state index < -0.39 is 0 Å². The zero-order chi connectivity index (χ0) is 21.7. The minimum absolute atomic E-state index is 0.124. The van der Waals surface area contributed by atoms with Crippen LogP contribution in [0.25, 0.3) is 5.69 Å². The summed E-state index contributed by atoms with van der Waals surface area (Å²) in [4.78, 5) is 12.1. The van der Waals surface area contributed by atoms with Crippen LogP contribution in [0, 0.1) is 27.7 Å². The van der Waals surface area contributed by atoms with Crippen LogP contribution in [0.2, 0.25) is 5.02 Å². The largest absolute Gasteiger partial charge is 0.318 e. The first kappa shape index (κ1) is 22.2. The smallest absolute Gasteiger partial charge is 0.250 e. The molecule has 1 N–H and O–H groups in total. The number of carbonyl (C=O) groups excluding carboxylic acids is 1. The number of nitrogens with zero attached hydrogens (tertiary/aromatic N) is 2. The highest BCUT2D eigenvalue weighted by atomic mass is 35.5. The van der Waals surface area contributed by atoms with E-state index in [1.54, 1.807) is 6.21 Å². The average Bonchev–Trinajstić information content (AvgIpc) is 2.94. The third kappa shape index (κ3) is 5.77. The van der Waals surface area contributed by atoms with E-state index in [1.807, 2.05) is 24.3 Å². The van der Waals surface area contributed by atoms with Gasteiger partial charge in [-0.2, -0.15) is 5.10 Å². The molecule has 3 aromatic rings. The normalized spacial score (nSPS) is 11.2. The molecule has 30 heavy (non-hydrogen) atoms. The van der Waals surface area contributed by atoms with E-state index in [1.165, 1.54) is 22.9 Å². The fourth-order valence-electron chi connectivity index (χ4n) is 3.49. The molecular weight excluding hydrogens is 414 g/mol. The molecule has 0 radical (unpaired) electrons. The lowest BCUT2D eigenvalue weighted by Gasteiger charge is -2.11. The van der Waals surface area contributed by atoms with Crippen LogP contribution >= 0.6 is 23.4 Å². The molecule has 0 unspecified atom stereocenters. The third-order valence-electron chi connectivity index (χ3n) is 4.72. The highest BCUT2D eigenvalue weighted by molar-refractivity contribution is 7.99. The molecule has 1 heterocycles. The lowest BCUT2D eigenvalue weighted by Crippen LogP contribution is -2.19. The minimum atomic E-state index is -0.124. The van der Waals surface area contributed by atoms with Crippen molar-refractivity contribution in [1.82, 2.24) is 9.99 Å². The Kier molecular flexibility index (Phi) is 7.40. The predicted octanol–water partition coefficient (Wildman–Crippen LogP) is 5.75. The third-order valence-corrected chi connectivity index (χ3v) is 5.96. The van der Waals surface area contributed by atoms with E-state index in [2.05, 4.69) is 67.1 Å². The molecule has 0 atom stereocenters. The van der Waals surface area contributed by atoms with Crippen molar-refractivity contribution >= 4 is 35.5 Å². The first-order chi connectivity index (χ1) is 14.3. The van der Waals surface area contributed by atoms with Gasteiger partial charge in [-0.1, -0.05) is 29.8 Å². The quantitative estimate of drug-likeness (QED) is 0.376. The van der Waals surface area contributed by atoms with E-state index in [-0.39, 0.29) is 5.91 Å².